The monoisotopic (exact) mass is 359 g/mol. The van der Waals surface area contributed by atoms with Gasteiger partial charge in [0.05, 0.1) is 0 Å². The van der Waals surface area contributed by atoms with Crippen LogP contribution in [-0.4, -0.2) is 65.0 Å². The van der Waals surface area contributed by atoms with E-state index in [1.54, 1.807) is 4.90 Å². The molecule has 3 amide bonds. The number of nitrogens with zero attached hydrogens (tertiary/aromatic N) is 2. The molecule has 1 heterocycles. The van der Waals surface area contributed by atoms with Crippen molar-refractivity contribution in [2.75, 3.05) is 26.2 Å². The lowest BCUT2D eigenvalue weighted by Gasteiger charge is -2.38. The van der Waals surface area contributed by atoms with Crippen LogP contribution >= 0.6 is 0 Å². The number of rotatable bonds is 5. The van der Waals surface area contributed by atoms with Crippen LogP contribution in [0.5, 0.6) is 0 Å². The first-order valence-electron chi connectivity index (χ1n) is 9.15. The first-order valence-corrected chi connectivity index (χ1v) is 9.15. The van der Waals surface area contributed by atoms with Crippen LogP contribution in [0.4, 0.5) is 4.79 Å². The van der Waals surface area contributed by atoms with Crippen LogP contribution in [0.25, 0.3) is 0 Å². The van der Waals surface area contributed by atoms with Crippen LogP contribution in [0, 0.1) is 5.92 Å². The van der Waals surface area contributed by atoms with Crippen LogP contribution in [0.3, 0.4) is 0 Å². The van der Waals surface area contributed by atoms with Gasteiger partial charge in [-0.1, -0.05) is 36.8 Å². The Labute approximate surface area is 153 Å². The average molecular weight is 359 g/mol. The molecule has 0 bridgehead atoms. The van der Waals surface area contributed by atoms with Crippen LogP contribution in [0.2, 0.25) is 0 Å². The first-order chi connectivity index (χ1) is 12.5. The fourth-order valence-electron chi connectivity index (χ4n) is 3.33. The highest BCUT2D eigenvalue weighted by atomic mass is 16.4. The maximum absolute atomic E-state index is 12.4. The van der Waals surface area contributed by atoms with E-state index in [4.69, 9.17) is 0 Å². The molecular formula is C19H25N3O4. The van der Waals surface area contributed by atoms with Crippen molar-refractivity contribution in [1.82, 2.24) is 15.1 Å². The summed E-state index contributed by atoms with van der Waals surface area (Å²) in [7, 11) is 0. The van der Waals surface area contributed by atoms with Crippen molar-refractivity contribution in [1.29, 1.82) is 0 Å². The summed E-state index contributed by atoms with van der Waals surface area (Å²) in [5.41, 5.74) is 0.858. The van der Waals surface area contributed by atoms with Gasteiger partial charge in [0.15, 0.2) is 0 Å². The molecule has 140 valence electrons. The van der Waals surface area contributed by atoms with E-state index in [-0.39, 0.29) is 24.3 Å². The highest BCUT2D eigenvalue weighted by Crippen LogP contribution is 2.28. The standard InChI is InChI=1S/C19H25N3O4/c23-17(15-7-4-8-15)21-9-11-22(12-10-21)19(26)20-16(18(24)25)13-14-5-2-1-3-6-14/h1-3,5-6,15-16H,4,7-13H2,(H,20,26)(H,24,25). The Kier molecular flexibility index (Phi) is 5.75. The van der Waals surface area contributed by atoms with Gasteiger partial charge in [-0.2, -0.15) is 0 Å². The van der Waals surface area contributed by atoms with Gasteiger partial charge >= 0.3 is 12.0 Å². The third-order valence-corrected chi connectivity index (χ3v) is 5.21. The zero-order chi connectivity index (χ0) is 18.5. The number of hydrogen-bond acceptors (Lipinski definition) is 3. The van der Waals surface area contributed by atoms with Gasteiger partial charge in [0.2, 0.25) is 5.91 Å². The minimum Gasteiger partial charge on any atom is -0.480 e. The molecule has 2 fully saturated rings. The number of urea groups is 1. The molecule has 0 aromatic heterocycles. The van der Waals surface area contributed by atoms with Gasteiger partial charge in [-0.3, -0.25) is 4.79 Å². The molecule has 3 rings (SSSR count). The van der Waals surface area contributed by atoms with Gasteiger partial charge in [0.1, 0.15) is 6.04 Å². The molecule has 1 aliphatic carbocycles. The maximum Gasteiger partial charge on any atom is 0.326 e. The Morgan fingerprint density at radius 1 is 1.04 bits per heavy atom. The van der Waals surface area contributed by atoms with Crippen LogP contribution in [0.15, 0.2) is 30.3 Å². The second kappa shape index (κ2) is 8.21. The van der Waals surface area contributed by atoms with E-state index < -0.39 is 12.0 Å². The van der Waals surface area contributed by atoms with Crippen molar-refractivity contribution in [2.24, 2.45) is 5.92 Å². The molecule has 7 heteroatoms. The third kappa shape index (κ3) is 4.33. The Morgan fingerprint density at radius 3 is 2.19 bits per heavy atom. The third-order valence-electron chi connectivity index (χ3n) is 5.21. The molecule has 1 aromatic rings. The number of piperazine rings is 1. The van der Waals surface area contributed by atoms with E-state index in [0.717, 1.165) is 24.8 Å². The van der Waals surface area contributed by atoms with E-state index in [9.17, 15) is 19.5 Å². The number of carboxylic acids is 1. The molecule has 0 radical (unpaired) electrons. The zero-order valence-corrected chi connectivity index (χ0v) is 14.8. The molecular weight excluding hydrogens is 334 g/mol. The fourth-order valence-corrected chi connectivity index (χ4v) is 3.33. The van der Waals surface area contributed by atoms with Crippen molar-refractivity contribution >= 4 is 17.9 Å². The number of amides is 3. The van der Waals surface area contributed by atoms with Gasteiger partial charge in [-0.25, -0.2) is 9.59 Å². The Morgan fingerprint density at radius 2 is 1.65 bits per heavy atom. The molecule has 1 aliphatic heterocycles. The number of nitrogens with one attached hydrogen (secondary N) is 1. The number of carboxylic acid groups (broad SMARTS) is 1. The number of benzene rings is 1. The largest absolute Gasteiger partial charge is 0.480 e. The van der Waals surface area contributed by atoms with E-state index in [2.05, 4.69) is 5.32 Å². The molecule has 1 atom stereocenters. The Hall–Kier alpha value is -2.57. The highest BCUT2D eigenvalue weighted by molar-refractivity contribution is 5.83. The van der Waals surface area contributed by atoms with Crippen molar-refractivity contribution in [3.8, 4) is 0 Å². The summed E-state index contributed by atoms with van der Waals surface area (Å²) in [5, 5.41) is 12.0. The Bertz CT molecular complexity index is 652. The topological polar surface area (TPSA) is 89.9 Å². The number of carbonyl (C=O) groups is 3. The summed E-state index contributed by atoms with van der Waals surface area (Å²) in [6.07, 6.45) is 3.30. The number of carbonyl (C=O) groups excluding carboxylic acids is 2. The van der Waals surface area contributed by atoms with Crippen molar-refractivity contribution < 1.29 is 19.5 Å². The second-order valence-corrected chi connectivity index (χ2v) is 6.97. The predicted octanol–water partition coefficient (Wildman–Crippen LogP) is 1.34. The Balaban J connectivity index is 1.50. The van der Waals surface area contributed by atoms with E-state index >= 15 is 0 Å². The van der Waals surface area contributed by atoms with Crippen LogP contribution in [-0.2, 0) is 16.0 Å². The fraction of sp³-hybridized carbons (Fsp3) is 0.526. The quantitative estimate of drug-likeness (QED) is 0.830. The summed E-state index contributed by atoms with van der Waals surface area (Å²) < 4.78 is 0. The van der Waals surface area contributed by atoms with E-state index in [1.807, 2.05) is 35.2 Å². The molecule has 0 spiro atoms. The summed E-state index contributed by atoms with van der Waals surface area (Å²) in [6, 6.07) is 7.87. The molecule has 1 unspecified atom stereocenters. The smallest absolute Gasteiger partial charge is 0.326 e. The molecule has 1 saturated carbocycles. The van der Waals surface area contributed by atoms with Gasteiger partial charge in [-0.15, -0.1) is 0 Å². The maximum atomic E-state index is 12.4. The average Bonchev–Trinajstić information content (AvgIpc) is 2.60. The molecule has 2 N–H and O–H groups in total. The summed E-state index contributed by atoms with van der Waals surface area (Å²) >= 11 is 0. The lowest BCUT2D eigenvalue weighted by atomic mass is 9.84. The summed E-state index contributed by atoms with van der Waals surface area (Å²) in [6.45, 7) is 1.89. The van der Waals surface area contributed by atoms with Crippen molar-refractivity contribution in [3.63, 3.8) is 0 Å². The molecule has 26 heavy (non-hydrogen) atoms. The van der Waals surface area contributed by atoms with E-state index in [0.29, 0.717) is 26.2 Å². The lowest BCUT2D eigenvalue weighted by molar-refractivity contribution is -0.139. The van der Waals surface area contributed by atoms with Gasteiger partial charge < -0.3 is 20.2 Å². The minimum absolute atomic E-state index is 0.164. The predicted molar refractivity (Wildman–Crippen MR) is 95.6 cm³/mol. The second-order valence-electron chi connectivity index (χ2n) is 6.97. The van der Waals surface area contributed by atoms with Crippen molar-refractivity contribution in [3.05, 3.63) is 35.9 Å². The molecule has 1 saturated heterocycles. The number of aliphatic carboxylic acids is 1. The zero-order valence-electron chi connectivity index (χ0n) is 14.8. The SMILES string of the molecule is O=C(O)C(Cc1ccccc1)NC(=O)N1CCN(C(=O)C2CCC2)CC1. The van der Waals surface area contributed by atoms with Crippen molar-refractivity contribution in [2.45, 2.75) is 31.7 Å². The van der Waals surface area contributed by atoms with E-state index in [1.165, 1.54) is 0 Å². The normalized spacial score (nSPS) is 18.8. The highest BCUT2D eigenvalue weighted by Gasteiger charge is 2.32. The van der Waals surface area contributed by atoms with Gasteiger partial charge in [-0.05, 0) is 18.4 Å². The van der Waals surface area contributed by atoms with Gasteiger partial charge in [0, 0.05) is 38.5 Å². The minimum atomic E-state index is -1.05. The van der Waals surface area contributed by atoms with Crippen LogP contribution < -0.4 is 5.32 Å². The molecule has 7 nitrogen and oxygen atoms in total. The summed E-state index contributed by atoms with van der Waals surface area (Å²) in [5.74, 6) is -0.692. The lowest BCUT2D eigenvalue weighted by Crippen LogP contribution is -2.56. The van der Waals surface area contributed by atoms with Crippen LogP contribution in [0.1, 0.15) is 24.8 Å². The number of hydrogen-bond donors (Lipinski definition) is 2. The molecule has 1 aromatic carbocycles. The summed E-state index contributed by atoms with van der Waals surface area (Å²) in [4.78, 5) is 39.6. The first kappa shape index (κ1) is 18.2. The molecule has 2 aliphatic rings. The van der Waals surface area contributed by atoms with Gasteiger partial charge in [0.25, 0.3) is 0 Å².